The van der Waals surface area contributed by atoms with Gasteiger partial charge in [-0.2, -0.15) is 5.10 Å². The van der Waals surface area contributed by atoms with Crippen LogP contribution in [0.5, 0.6) is 0 Å². The fraction of sp³-hybridized carbons (Fsp3) is 0.444. The third-order valence-electron chi connectivity index (χ3n) is 5.12. The number of nitrogens with zero attached hydrogens (tertiary/aromatic N) is 2. The molecule has 0 bridgehead atoms. The van der Waals surface area contributed by atoms with Crippen molar-refractivity contribution in [2.24, 2.45) is 7.05 Å². The molecule has 0 atom stereocenters. The summed E-state index contributed by atoms with van der Waals surface area (Å²) in [4.78, 5) is 12.8. The maximum Gasteiger partial charge on any atom is 0.231 e. The molecule has 1 aromatic carbocycles. The number of benzene rings is 1. The highest BCUT2D eigenvalue weighted by atomic mass is 19.1. The van der Waals surface area contributed by atoms with Gasteiger partial charge in [0.25, 0.3) is 0 Å². The summed E-state index contributed by atoms with van der Waals surface area (Å²) in [6.07, 6.45) is 2.35. The molecular weight excluding hydrogens is 293 g/mol. The minimum absolute atomic E-state index is 0.0866. The molecule has 1 saturated carbocycles. The quantitative estimate of drug-likeness (QED) is 0.943. The Bertz CT molecular complexity index is 747. The third kappa shape index (κ3) is 2.54. The minimum atomic E-state index is -0.713. The van der Waals surface area contributed by atoms with Crippen LogP contribution in [0.2, 0.25) is 0 Å². The zero-order chi connectivity index (χ0) is 16.6. The number of carbonyl (C=O) groups excluding carboxylic acids is 1. The molecule has 1 fully saturated rings. The second-order valence-corrected chi connectivity index (χ2v) is 6.37. The molecule has 1 heterocycles. The second-order valence-electron chi connectivity index (χ2n) is 6.37. The van der Waals surface area contributed by atoms with Crippen molar-refractivity contribution in [1.29, 1.82) is 0 Å². The summed E-state index contributed by atoms with van der Waals surface area (Å²) in [5.74, 6) is -0.382. The molecule has 2 aromatic rings. The van der Waals surface area contributed by atoms with Crippen molar-refractivity contribution in [3.63, 3.8) is 0 Å². The number of aryl methyl sites for hydroxylation is 2. The Labute approximate surface area is 135 Å². The molecule has 0 unspecified atom stereocenters. The van der Waals surface area contributed by atoms with Gasteiger partial charge >= 0.3 is 0 Å². The molecule has 0 aliphatic heterocycles. The van der Waals surface area contributed by atoms with E-state index in [9.17, 15) is 9.18 Å². The Kier molecular flexibility index (Phi) is 3.96. The molecule has 0 radical (unpaired) electrons. The Morgan fingerprint density at radius 3 is 2.57 bits per heavy atom. The lowest BCUT2D eigenvalue weighted by Crippen LogP contribution is -2.49. The lowest BCUT2D eigenvalue weighted by molar-refractivity contribution is -0.130. The fourth-order valence-corrected chi connectivity index (χ4v) is 3.41. The van der Waals surface area contributed by atoms with E-state index in [1.165, 1.54) is 6.07 Å². The lowest BCUT2D eigenvalue weighted by atomic mass is 9.63. The van der Waals surface area contributed by atoms with Crippen LogP contribution in [0.1, 0.15) is 41.8 Å². The van der Waals surface area contributed by atoms with Gasteiger partial charge in [0, 0.05) is 30.4 Å². The molecule has 1 aliphatic rings. The van der Waals surface area contributed by atoms with Crippen LogP contribution in [0.3, 0.4) is 0 Å². The summed E-state index contributed by atoms with van der Waals surface area (Å²) in [6.45, 7) is 4.35. The minimum Gasteiger partial charge on any atom is -0.351 e. The lowest BCUT2D eigenvalue weighted by Gasteiger charge is -2.40. The third-order valence-corrected chi connectivity index (χ3v) is 5.12. The van der Waals surface area contributed by atoms with Gasteiger partial charge in [0.1, 0.15) is 5.82 Å². The van der Waals surface area contributed by atoms with Gasteiger partial charge in [0.15, 0.2) is 0 Å². The predicted octanol–water partition coefficient (Wildman–Crippen LogP) is 2.91. The average Bonchev–Trinajstić information content (AvgIpc) is 2.71. The van der Waals surface area contributed by atoms with Crippen LogP contribution in [-0.4, -0.2) is 15.7 Å². The first-order chi connectivity index (χ1) is 11.0. The summed E-state index contributed by atoms with van der Waals surface area (Å²) in [6, 6.07) is 6.61. The summed E-state index contributed by atoms with van der Waals surface area (Å²) < 4.78 is 16.0. The van der Waals surface area contributed by atoms with Crippen molar-refractivity contribution >= 4 is 5.91 Å². The van der Waals surface area contributed by atoms with Gasteiger partial charge in [-0.05, 0) is 32.8 Å². The summed E-state index contributed by atoms with van der Waals surface area (Å²) in [5, 5.41) is 7.37. The van der Waals surface area contributed by atoms with E-state index in [-0.39, 0.29) is 11.7 Å². The van der Waals surface area contributed by atoms with Gasteiger partial charge in [-0.3, -0.25) is 9.48 Å². The van der Waals surface area contributed by atoms with Crippen LogP contribution in [0.4, 0.5) is 4.39 Å². The van der Waals surface area contributed by atoms with E-state index in [1.54, 1.807) is 18.2 Å². The Hall–Kier alpha value is -2.17. The molecule has 1 amide bonds. The Morgan fingerprint density at radius 1 is 1.35 bits per heavy atom. The van der Waals surface area contributed by atoms with Gasteiger partial charge in [-0.25, -0.2) is 4.39 Å². The number of halogens is 1. The van der Waals surface area contributed by atoms with Gasteiger partial charge in [-0.15, -0.1) is 0 Å². The van der Waals surface area contributed by atoms with Gasteiger partial charge in [0.05, 0.1) is 11.1 Å². The predicted molar refractivity (Wildman–Crippen MR) is 86.5 cm³/mol. The molecule has 122 valence electrons. The second kappa shape index (κ2) is 5.80. The highest BCUT2D eigenvalue weighted by Crippen LogP contribution is 2.44. The normalized spacial score (nSPS) is 16.0. The van der Waals surface area contributed by atoms with Crippen LogP contribution in [0, 0.1) is 19.7 Å². The summed E-state index contributed by atoms with van der Waals surface area (Å²) in [7, 11) is 1.89. The standard InChI is InChI=1S/C18H22FN3O/c1-12-14(13(2)22(3)21-12)11-20-17(23)18(9-6-10-18)15-7-4-5-8-16(15)19/h4-5,7-8H,6,9-11H2,1-3H3,(H,20,23). The summed E-state index contributed by atoms with van der Waals surface area (Å²) in [5.41, 5.74) is 2.79. The van der Waals surface area contributed by atoms with E-state index >= 15 is 0 Å². The van der Waals surface area contributed by atoms with Crippen LogP contribution < -0.4 is 5.32 Å². The molecule has 0 saturated heterocycles. The van der Waals surface area contributed by atoms with Crippen LogP contribution in [0.15, 0.2) is 24.3 Å². The number of rotatable bonds is 4. The van der Waals surface area contributed by atoms with E-state index in [0.29, 0.717) is 24.9 Å². The van der Waals surface area contributed by atoms with Crippen molar-refractivity contribution < 1.29 is 9.18 Å². The SMILES string of the molecule is Cc1nn(C)c(C)c1CNC(=O)C1(c2ccccc2F)CCC1. The van der Waals surface area contributed by atoms with Gasteiger partial charge < -0.3 is 5.32 Å². The molecule has 1 aromatic heterocycles. The highest BCUT2D eigenvalue weighted by Gasteiger charge is 2.47. The van der Waals surface area contributed by atoms with E-state index < -0.39 is 5.41 Å². The Balaban J connectivity index is 1.80. The van der Waals surface area contributed by atoms with Crippen LogP contribution in [0.25, 0.3) is 0 Å². The first-order valence-electron chi connectivity index (χ1n) is 7.98. The molecule has 0 spiro atoms. The maximum absolute atomic E-state index is 14.2. The first-order valence-corrected chi connectivity index (χ1v) is 7.98. The first kappa shape index (κ1) is 15.7. The van der Waals surface area contributed by atoms with Crippen LogP contribution >= 0.6 is 0 Å². The summed E-state index contributed by atoms with van der Waals surface area (Å²) >= 11 is 0. The molecule has 3 rings (SSSR count). The number of amides is 1. The molecule has 5 heteroatoms. The topological polar surface area (TPSA) is 46.9 Å². The molecule has 4 nitrogen and oxygen atoms in total. The average molecular weight is 315 g/mol. The zero-order valence-corrected chi connectivity index (χ0v) is 13.8. The molecular formula is C18H22FN3O. The largest absolute Gasteiger partial charge is 0.351 e. The number of carbonyl (C=O) groups is 1. The van der Waals surface area contributed by atoms with Crippen molar-refractivity contribution in [1.82, 2.24) is 15.1 Å². The zero-order valence-electron chi connectivity index (χ0n) is 13.8. The molecule has 1 N–H and O–H groups in total. The van der Waals surface area contributed by atoms with E-state index in [1.807, 2.05) is 25.6 Å². The molecule has 23 heavy (non-hydrogen) atoms. The van der Waals surface area contributed by atoms with Gasteiger partial charge in [0.2, 0.25) is 5.91 Å². The maximum atomic E-state index is 14.2. The smallest absolute Gasteiger partial charge is 0.231 e. The monoisotopic (exact) mass is 315 g/mol. The van der Waals surface area contributed by atoms with Crippen molar-refractivity contribution in [3.8, 4) is 0 Å². The number of nitrogens with one attached hydrogen (secondary N) is 1. The van der Waals surface area contributed by atoms with Crippen molar-refractivity contribution in [3.05, 3.63) is 52.6 Å². The Morgan fingerprint density at radius 2 is 2.04 bits per heavy atom. The number of hydrogen-bond donors (Lipinski definition) is 1. The number of hydrogen-bond acceptors (Lipinski definition) is 2. The fourth-order valence-electron chi connectivity index (χ4n) is 3.41. The van der Waals surface area contributed by atoms with E-state index in [4.69, 9.17) is 0 Å². The van der Waals surface area contributed by atoms with Crippen molar-refractivity contribution in [2.75, 3.05) is 0 Å². The van der Waals surface area contributed by atoms with Crippen LogP contribution in [-0.2, 0) is 23.8 Å². The van der Waals surface area contributed by atoms with E-state index in [0.717, 1.165) is 23.4 Å². The van der Waals surface area contributed by atoms with E-state index in [2.05, 4.69) is 10.4 Å². The number of aromatic nitrogens is 2. The highest BCUT2D eigenvalue weighted by molar-refractivity contribution is 5.89. The van der Waals surface area contributed by atoms with Crippen molar-refractivity contribution in [2.45, 2.75) is 45.1 Å². The van der Waals surface area contributed by atoms with Gasteiger partial charge in [-0.1, -0.05) is 24.6 Å². The molecule has 1 aliphatic carbocycles.